The van der Waals surface area contributed by atoms with Crippen LogP contribution in [-0.2, 0) is 0 Å². The number of hydrogen-bond donors (Lipinski definition) is 3. The standard InChI is InChI=1S/C9H12F3N5O2/c1-5(4-9(10,11)12)14-8-6(17(18)19)2-3-7(15-8)16-13/h2-3,5H,4,13H2,1H3,(H2,14,15,16). The molecule has 1 heterocycles. The Bertz CT molecular complexity index is 466. The van der Waals surface area contributed by atoms with Gasteiger partial charge in [-0.15, -0.1) is 0 Å². The first-order valence-electron chi connectivity index (χ1n) is 5.18. The molecule has 1 aromatic rings. The number of nitrogens with zero attached hydrogens (tertiary/aromatic N) is 2. The minimum Gasteiger partial charge on any atom is -0.361 e. The highest BCUT2D eigenvalue weighted by atomic mass is 19.4. The Balaban J connectivity index is 2.94. The molecule has 4 N–H and O–H groups in total. The van der Waals surface area contributed by atoms with Crippen molar-refractivity contribution in [3.8, 4) is 0 Å². The number of rotatable bonds is 5. The van der Waals surface area contributed by atoms with E-state index >= 15 is 0 Å². The molecule has 1 atom stereocenters. The van der Waals surface area contributed by atoms with Crippen LogP contribution < -0.4 is 16.6 Å². The minimum atomic E-state index is -4.37. The third-order valence-corrected chi connectivity index (χ3v) is 2.14. The summed E-state index contributed by atoms with van der Waals surface area (Å²) < 4.78 is 36.6. The van der Waals surface area contributed by atoms with Gasteiger partial charge in [-0.25, -0.2) is 10.8 Å². The Morgan fingerprint density at radius 1 is 1.53 bits per heavy atom. The fourth-order valence-electron chi connectivity index (χ4n) is 1.42. The van der Waals surface area contributed by atoms with E-state index in [1.54, 1.807) is 0 Å². The fourth-order valence-corrected chi connectivity index (χ4v) is 1.42. The molecule has 1 unspecified atom stereocenters. The van der Waals surface area contributed by atoms with Crippen molar-refractivity contribution >= 4 is 17.3 Å². The summed E-state index contributed by atoms with van der Waals surface area (Å²) in [5.41, 5.74) is 1.74. The van der Waals surface area contributed by atoms with Crippen molar-refractivity contribution in [2.24, 2.45) is 5.84 Å². The largest absolute Gasteiger partial charge is 0.391 e. The molecular formula is C9H12F3N5O2. The van der Waals surface area contributed by atoms with Gasteiger partial charge in [0.15, 0.2) is 0 Å². The van der Waals surface area contributed by atoms with Crippen LogP contribution in [0.3, 0.4) is 0 Å². The summed E-state index contributed by atoms with van der Waals surface area (Å²) >= 11 is 0. The molecule has 0 aliphatic heterocycles. The van der Waals surface area contributed by atoms with Crippen LogP contribution in [-0.4, -0.2) is 22.1 Å². The van der Waals surface area contributed by atoms with Crippen LogP contribution in [0.5, 0.6) is 0 Å². The Morgan fingerprint density at radius 2 is 2.16 bits per heavy atom. The van der Waals surface area contributed by atoms with Crippen LogP contribution in [0.1, 0.15) is 13.3 Å². The maximum Gasteiger partial charge on any atom is 0.391 e. The molecule has 0 spiro atoms. The first-order valence-corrected chi connectivity index (χ1v) is 5.18. The molecule has 19 heavy (non-hydrogen) atoms. The maximum atomic E-state index is 12.2. The maximum absolute atomic E-state index is 12.2. The second kappa shape index (κ2) is 5.69. The second-order valence-corrected chi connectivity index (χ2v) is 3.83. The van der Waals surface area contributed by atoms with E-state index in [4.69, 9.17) is 5.84 Å². The summed E-state index contributed by atoms with van der Waals surface area (Å²) in [6.07, 6.45) is -5.50. The van der Waals surface area contributed by atoms with E-state index in [1.165, 1.54) is 13.0 Å². The lowest BCUT2D eigenvalue weighted by Crippen LogP contribution is -2.25. The van der Waals surface area contributed by atoms with Crippen LogP contribution in [0.4, 0.5) is 30.5 Å². The predicted molar refractivity (Wildman–Crippen MR) is 62.5 cm³/mol. The van der Waals surface area contributed by atoms with E-state index in [-0.39, 0.29) is 11.6 Å². The van der Waals surface area contributed by atoms with Crippen molar-refractivity contribution in [2.45, 2.75) is 25.6 Å². The molecule has 0 saturated heterocycles. The van der Waals surface area contributed by atoms with Gasteiger partial charge in [0.25, 0.3) is 0 Å². The third kappa shape index (κ3) is 4.58. The number of pyridine rings is 1. The van der Waals surface area contributed by atoms with E-state index in [1.807, 2.05) is 0 Å². The van der Waals surface area contributed by atoms with Crippen molar-refractivity contribution in [2.75, 3.05) is 10.7 Å². The molecular weight excluding hydrogens is 267 g/mol. The first kappa shape index (κ1) is 15.0. The van der Waals surface area contributed by atoms with Gasteiger partial charge >= 0.3 is 11.9 Å². The summed E-state index contributed by atoms with van der Waals surface area (Å²) in [7, 11) is 0. The van der Waals surface area contributed by atoms with Crippen LogP contribution in [0.2, 0.25) is 0 Å². The molecule has 0 aromatic carbocycles. The number of nitrogens with two attached hydrogens (primary N) is 1. The molecule has 0 radical (unpaired) electrons. The van der Waals surface area contributed by atoms with Gasteiger partial charge in [0, 0.05) is 12.1 Å². The van der Waals surface area contributed by atoms with Crippen LogP contribution in [0, 0.1) is 10.1 Å². The minimum absolute atomic E-state index is 0.104. The van der Waals surface area contributed by atoms with Gasteiger partial charge in [-0.2, -0.15) is 13.2 Å². The highest BCUT2D eigenvalue weighted by Crippen LogP contribution is 2.27. The molecule has 0 aliphatic rings. The molecule has 7 nitrogen and oxygen atoms in total. The topological polar surface area (TPSA) is 106 Å². The number of hydrazine groups is 1. The zero-order valence-electron chi connectivity index (χ0n) is 9.86. The highest BCUT2D eigenvalue weighted by Gasteiger charge is 2.31. The summed E-state index contributed by atoms with van der Waals surface area (Å²) in [6, 6.07) is 1.29. The molecule has 0 saturated carbocycles. The zero-order valence-corrected chi connectivity index (χ0v) is 9.86. The predicted octanol–water partition coefficient (Wildman–Crippen LogP) is 2.03. The normalized spacial score (nSPS) is 12.9. The van der Waals surface area contributed by atoms with Gasteiger partial charge in [-0.3, -0.25) is 10.1 Å². The van der Waals surface area contributed by atoms with Crippen molar-refractivity contribution in [1.82, 2.24) is 4.98 Å². The average Bonchev–Trinajstić information content (AvgIpc) is 2.25. The monoisotopic (exact) mass is 279 g/mol. The Kier molecular flexibility index (Phi) is 4.48. The third-order valence-electron chi connectivity index (χ3n) is 2.14. The zero-order chi connectivity index (χ0) is 14.6. The number of halogens is 3. The van der Waals surface area contributed by atoms with Crippen LogP contribution in [0.25, 0.3) is 0 Å². The molecule has 0 bridgehead atoms. The van der Waals surface area contributed by atoms with Gasteiger partial charge in [0.2, 0.25) is 5.82 Å². The lowest BCUT2D eigenvalue weighted by molar-refractivity contribution is -0.384. The molecule has 0 amide bonds. The smallest absolute Gasteiger partial charge is 0.361 e. The molecule has 10 heteroatoms. The Morgan fingerprint density at radius 3 is 2.63 bits per heavy atom. The molecule has 0 aliphatic carbocycles. The Labute approximate surface area is 106 Å². The molecule has 106 valence electrons. The van der Waals surface area contributed by atoms with Gasteiger partial charge in [0.1, 0.15) is 5.82 Å². The van der Waals surface area contributed by atoms with Crippen LogP contribution in [0.15, 0.2) is 12.1 Å². The summed E-state index contributed by atoms with van der Waals surface area (Å²) in [5, 5.41) is 13.1. The molecule has 1 aromatic heterocycles. The van der Waals surface area contributed by atoms with Gasteiger partial charge in [0.05, 0.1) is 11.3 Å². The summed E-state index contributed by atoms with van der Waals surface area (Å²) in [4.78, 5) is 13.7. The van der Waals surface area contributed by atoms with Gasteiger partial charge in [-0.1, -0.05) is 0 Å². The lowest BCUT2D eigenvalue weighted by Gasteiger charge is -2.16. The number of nitrogen functional groups attached to an aromatic ring is 1. The number of anilines is 2. The van der Waals surface area contributed by atoms with Crippen molar-refractivity contribution in [3.05, 3.63) is 22.2 Å². The van der Waals surface area contributed by atoms with E-state index in [9.17, 15) is 23.3 Å². The average molecular weight is 279 g/mol. The van der Waals surface area contributed by atoms with Crippen LogP contribution >= 0.6 is 0 Å². The fraction of sp³-hybridized carbons (Fsp3) is 0.444. The SMILES string of the molecule is CC(CC(F)(F)F)Nc1nc(NN)ccc1[N+](=O)[O-]. The summed E-state index contributed by atoms with van der Waals surface area (Å²) in [5.74, 6) is 4.92. The quantitative estimate of drug-likeness (QED) is 0.432. The van der Waals surface area contributed by atoms with Crippen molar-refractivity contribution in [3.63, 3.8) is 0 Å². The number of alkyl halides is 3. The lowest BCUT2D eigenvalue weighted by atomic mass is 10.2. The van der Waals surface area contributed by atoms with Gasteiger partial charge < -0.3 is 10.7 Å². The molecule has 1 rings (SSSR count). The molecule has 0 fully saturated rings. The second-order valence-electron chi connectivity index (χ2n) is 3.83. The van der Waals surface area contributed by atoms with E-state index in [2.05, 4.69) is 15.7 Å². The van der Waals surface area contributed by atoms with E-state index in [0.29, 0.717) is 0 Å². The van der Waals surface area contributed by atoms with Crippen molar-refractivity contribution < 1.29 is 18.1 Å². The number of aromatic nitrogens is 1. The van der Waals surface area contributed by atoms with E-state index < -0.39 is 29.2 Å². The van der Waals surface area contributed by atoms with Gasteiger partial charge in [-0.05, 0) is 13.0 Å². The number of nitro groups is 1. The van der Waals surface area contributed by atoms with E-state index in [0.717, 1.165) is 6.07 Å². The Hall–Kier alpha value is -2.10. The van der Waals surface area contributed by atoms with Crippen molar-refractivity contribution in [1.29, 1.82) is 0 Å². The number of nitrogens with one attached hydrogen (secondary N) is 2. The first-order chi connectivity index (χ1) is 8.73. The highest BCUT2D eigenvalue weighted by molar-refractivity contribution is 5.60. The number of hydrogen-bond acceptors (Lipinski definition) is 6. The summed E-state index contributed by atoms with van der Waals surface area (Å²) in [6.45, 7) is 1.25.